The van der Waals surface area contributed by atoms with Gasteiger partial charge in [0.1, 0.15) is 16.7 Å². The Balaban J connectivity index is 2.12. The van der Waals surface area contributed by atoms with Crippen molar-refractivity contribution in [3.8, 4) is 6.07 Å². The van der Waals surface area contributed by atoms with Gasteiger partial charge in [0.25, 0.3) is 0 Å². The van der Waals surface area contributed by atoms with Gasteiger partial charge in [0.2, 0.25) is 0 Å². The maximum atomic E-state index is 9.05. The van der Waals surface area contributed by atoms with Gasteiger partial charge >= 0.3 is 0 Å². The molecule has 0 bridgehead atoms. The molecule has 3 nitrogen and oxygen atoms in total. The van der Waals surface area contributed by atoms with E-state index in [0.29, 0.717) is 0 Å². The number of furan rings is 1. The number of hydrogen-bond acceptors (Lipinski definition) is 3. The van der Waals surface area contributed by atoms with Gasteiger partial charge in [-0.05, 0) is 32.0 Å². The van der Waals surface area contributed by atoms with Crippen LogP contribution in [0.5, 0.6) is 0 Å². The molecule has 3 rings (SSSR count). The van der Waals surface area contributed by atoms with E-state index in [2.05, 4.69) is 11.4 Å². The summed E-state index contributed by atoms with van der Waals surface area (Å²) in [7, 11) is 0. The molecule has 0 amide bonds. The number of fused-ring (bicyclic) bond motifs is 3. The van der Waals surface area contributed by atoms with E-state index in [9.17, 15) is 0 Å². The molecule has 0 aliphatic heterocycles. The van der Waals surface area contributed by atoms with Gasteiger partial charge in [-0.1, -0.05) is 18.2 Å². The van der Waals surface area contributed by atoms with Crippen LogP contribution < -0.4 is 5.32 Å². The van der Waals surface area contributed by atoms with Crippen molar-refractivity contribution < 1.29 is 4.42 Å². The molecule has 0 spiro atoms. The summed E-state index contributed by atoms with van der Waals surface area (Å²) in [4.78, 5) is 0. The molecule has 0 saturated heterocycles. The van der Waals surface area contributed by atoms with Gasteiger partial charge < -0.3 is 9.73 Å². The van der Waals surface area contributed by atoms with Crippen LogP contribution in [0.25, 0.3) is 21.9 Å². The molecule has 0 fully saturated rings. The summed E-state index contributed by atoms with van der Waals surface area (Å²) in [6.45, 7) is 3.69. The van der Waals surface area contributed by atoms with Crippen LogP contribution in [0, 0.1) is 11.3 Å². The van der Waals surface area contributed by atoms with E-state index in [1.165, 1.54) is 0 Å². The molecular formula is C16H14N2O. The maximum absolute atomic E-state index is 9.05. The molecule has 0 unspecified atom stereocenters. The van der Waals surface area contributed by atoms with Gasteiger partial charge in [-0.2, -0.15) is 5.26 Å². The van der Waals surface area contributed by atoms with Crippen molar-refractivity contribution in [3.63, 3.8) is 0 Å². The normalized spacial score (nSPS) is 11.6. The summed E-state index contributed by atoms with van der Waals surface area (Å²) in [5.41, 5.74) is 2.01. The van der Waals surface area contributed by atoms with E-state index in [4.69, 9.17) is 9.68 Å². The first-order valence-electron chi connectivity index (χ1n) is 6.20. The average molecular weight is 250 g/mol. The second kappa shape index (κ2) is 4.03. The Bertz CT molecular complexity index is 793. The third-order valence-corrected chi connectivity index (χ3v) is 3.12. The first kappa shape index (κ1) is 11.6. The zero-order chi connectivity index (χ0) is 13.5. The number of anilines is 1. The molecule has 1 aromatic heterocycles. The summed E-state index contributed by atoms with van der Waals surface area (Å²) >= 11 is 0. The Morgan fingerprint density at radius 2 is 1.79 bits per heavy atom. The van der Waals surface area contributed by atoms with Crippen LogP contribution in [0.2, 0.25) is 0 Å². The Kier molecular flexibility index (Phi) is 2.46. The number of nitriles is 1. The molecule has 0 radical (unpaired) electrons. The van der Waals surface area contributed by atoms with Gasteiger partial charge in [0, 0.05) is 22.5 Å². The standard InChI is InChI=1S/C16H14N2O/c1-16(2,10-17)18-11-7-8-13-12-5-3-4-6-14(12)19-15(13)9-11/h3-9,18H,1-2H3. The molecule has 0 atom stereocenters. The molecule has 0 aliphatic carbocycles. The van der Waals surface area contributed by atoms with Crippen LogP contribution in [-0.4, -0.2) is 5.54 Å². The number of benzene rings is 2. The van der Waals surface area contributed by atoms with E-state index in [1.54, 1.807) is 0 Å². The van der Waals surface area contributed by atoms with Crippen molar-refractivity contribution in [1.82, 2.24) is 0 Å². The third kappa shape index (κ3) is 2.02. The second-order valence-electron chi connectivity index (χ2n) is 5.17. The lowest BCUT2D eigenvalue weighted by molar-refractivity contribution is 0.668. The van der Waals surface area contributed by atoms with Gasteiger partial charge in [0.15, 0.2) is 0 Å². The van der Waals surface area contributed by atoms with E-state index in [1.807, 2.05) is 56.3 Å². The number of nitrogens with one attached hydrogen (secondary N) is 1. The van der Waals surface area contributed by atoms with Crippen LogP contribution in [0.1, 0.15) is 13.8 Å². The van der Waals surface area contributed by atoms with Crippen molar-refractivity contribution in [3.05, 3.63) is 42.5 Å². The first-order chi connectivity index (χ1) is 9.09. The minimum absolute atomic E-state index is 0.598. The van der Waals surface area contributed by atoms with Crippen molar-refractivity contribution in [2.24, 2.45) is 0 Å². The summed E-state index contributed by atoms with van der Waals surface area (Å²) in [6, 6.07) is 16.1. The molecule has 3 heteroatoms. The molecule has 0 saturated carbocycles. The number of nitrogens with zero attached hydrogens (tertiary/aromatic N) is 1. The zero-order valence-electron chi connectivity index (χ0n) is 10.9. The molecule has 3 aromatic rings. The lowest BCUT2D eigenvalue weighted by atomic mass is 10.1. The smallest absolute Gasteiger partial charge is 0.137 e. The van der Waals surface area contributed by atoms with Gasteiger partial charge in [-0.25, -0.2) is 0 Å². The number of hydrogen-bond donors (Lipinski definition) is 1. The van der Waals surface area contributed by atoms with Gasteiger partial charge in [-0.15, -0.1) is 0 Å². The summed E-state index contributed by atoms with van der Waals surface area (Å²) in [6.07, 6.45) is 0. The fourth-order valence-corrected chi connectivity index (χ4v) is 2.19. The minimum atomic E-state index is -0.598. The highest BCUT2D eigenvalue weighted by atomic mass is 16.3. The second-order valence-corrected chi connectivity index (χ2v) is 5.17. The fourth-order valence-electron chi connectivity index (χ4n) is 2.19. The first-order valence-corrected chi connectivity index (χ1v) is 6.20. The SMILES string of the molecule is CC(C)(C#N)Nc1ccc2c(c1)oc1ccccc12. The quantitative estimate of drug-likeness (QED) is 0.737. The molecule has 1 heterocycles. The average Bonchev–Trinajstić information content (AvgIpc) is 2.75. The lowest BCUT2D eigenvalue weighted by Gasteiger charge is -2.18. The predicted molar refractivity (Wildman–Crippen MR) is 77.0 cm³/mol. The van der Waals surface area contributed by atoms with Gasteiger partial charge in [-0.3, -0.25) is 0 Å². The summed E-state index contributed by atoms with van der Waals surface area (Å²) in [5, 5.41) is 14.4. The van der Waals surface area contributed by atoms with E-state index >= 15 is 0 Å². The molecule has 0 aliphatic rings. The Morgan fingerprint density at radius 3 is 2.58 bits per heavy atom. The highest BCUT2D eigenvalue weighted by molar-refractivity contribution is 6.05. The van der Waals surface area contributed by atoms with E-state index in [0.717, 1.165) is 27.6 Å². The number of rotatable bonds is 2. The molecule has 1 N–H and O–H groups in total. The van der Waals surface area contributed by atoms with Crippen LogP contribution >= 0.6 is 0 Å². The largest absolute Gasteiger partial charge is 0.456 e. The zero-order valence-corrected chi connectivity index (χ0v) is 10.9. The highest BCUT2D eigenvalue weighted by Gasteiger charge is 2.16. The van der Waals surface area contributed by atoms with Crippen molar-refractivity contribution in [2.45, 2.75) is 19.4 Å². The monoisotopic (exact) mass is 250 g/mol. The maximum Gasteiger partial charge on any atom is 0.137 e. The Morgan fingerprint density at radius 1 is 1.05 bits per heavy atom. The third-order valence-electron chi connectivity index (χ3n) is 3.12. The Hall–Kier alpha value is -2.47. The Labute approximate surface area is 111 Å². The summed E-state index contributed by atoms with van der Waals surface area (Å²) < 4.78 is 5.82. The highest BCUT2D eigenvalue weighted by Crippen LogP contribution is 2.30. The molecule has 19 heavy (non-hydrogen) atoms. The van der Waals surface area contributed by atoms with Crippen LogP contribution in [0.3, 0.4) is 0 Å². The van der Waals surface area contributed by atoms with Gasteiger partial charge in [0.05, 0.1) is 6.07 Å². The van der Waals surface area contributed by atoms with Crippen molar-refractivity contribution >= 4 is 27.6 Å². The molecule has 94 valence electrons. The topological polar surface area (TPSA) is 49.0 Å². The lowest BCUT2D eigenvalue weighted by Crippen LogP contribution is -2.28. The van der Waals surface area contributed by atoms with Crippen LogP contribution in [0.4, 0.5) is 5.69 Å². The predicted octanol–water partition coefficient (Wildman–Crippen LogP) is 4.30. The number of para-hydroxylation sites is 1. The fraction of sp³-hybridized carbons (Fsp3) is 0.188. The van der Waals surface area contributed by atoms with E-state index in [-0.39, 0.29) is 0 Å². The molecule has 2 aromatic carbocycles. The summed E-state index contributed by atoms with van der Waals surface area (Å²) in [5.74, 6) is 0. The van der Waals surface area contributed by atoms with Crippen molar-refractivity contribution in [1.29, 1.82) is 5.26 Å². The minimum Gasteiger partial charge on any atom is -0.456 e. The van der Waals surface area contributed by atoms with E-state index < -0.39 is 5.54 Å². The van der Waals surface area contributed by atoms with Crippen molar-refractivity contribution in [2.75, 3.05) is 5.32 Å². The van der Waals surface area contributed by atoms with Crippen LogP contribution in [0.15, 0.2) is 46.9 Å². The van der Waals surface area contributed by atoms with Crippen LogP contribution in [-0.2, 0) is 0 Å². The molecular weight excluding hydrogens is 236 g/mol.